The molecule has 1 aliphatic rings. The lowest BCUT2D eigenvalue weighted by Gasteiger charge is -2.18. The van der Waals surface area contributed by atoms with Gasteiger partial charge in [0.15, 0.2) is 0 Å². The van der Waals surface area contributed by atoms with Crippen LogP contribution in [0.15, 0.2) is 78.0 Å². The molecule has 6 heteroatoms. The van der Waals surface area contributed by atoms with Gasteiger partial charge in [-0.25, -0.2) is 4.79 Å². The molecule has 154 valence electrons. The van der Waals surface area contributed by atoms with Crippen LogP contribution in [-0.4, -0.2) is 32.7 Å². The first-order chi connectivity index (χ1) is 14.5. The molecule has 30 heavy (non-hydrogen) atoms. The van der Waals surface area contributed by atoms with Gasteiger partial charge in [0.05, 0.1) is 31.1 Å². The third-order valence-corrected chi connectivity index (χ3v) is 4.66. The maximum absolute atomic E-state index is 13.3. The number of carbonyl (C=O) groups is 2. The first-order valence-corrected chi connectivity index (χ1v) is 9.33. The Balaban J connectivity index is 2.02. The van der Waals surface area contributed by atoms with Crippen molar-refractivity contribution in [1.29, 1.82) is 0 Å². The SMILES string of the molecule is C=CCOc1ccc(/C=C2\C(=O)N(c3cccc(OC)c3)C(C)=C2C(=O)OC)cc1. The highest BCUT2D eigenvalue weighted by Crippen LogP contribution is 2.36. The van der Waals surface area contributed by atoms with Crippen molar-refractivity contribution in [2.45, 2.75) is 6.92 Å². The van der Waals surface area contributed by atoms with Crippen molar-refractivity contribution < 1.29 is 23.8 Å². The number of hydrogen-bond acceptors (Lipinski definition) is 5. The van der Waals surface area contributed by atoms with Crippen LogP contribution in [0.3, 0.4) is 0 Å². The molecular weight excluding hydrogens is 382 g/mol. The normalized spacial score (nSPS) is 14.8. The Bertz CT molecular complexity index is 1030. The van der Waals surface area contributed by atoms with E-state index < -0.39 is 5.97 Å². The summed E-state index contributed by atoms with van der Waals surface area (Å²) in [7, 11) is 2.85. The van der Waals surface area contributed by atoms with E-state index in [1.807, 2.05) is 12.1 Å². The number of allylic oxidation sites excluding steroid dienone is 1. The molecule has 1 aliphatic heterocycles. The molecule has 3 rings (SSSR count). The number of carbonyl (C=O) groups excluding carboxylic acids is 2. The fourth-order valence-corrected chi connectivity index (χ4v) is 3.22. The molecule has 6 nitrogen and oxygen atoms in total. The van der Waals surface area contributed by atoms with E-state index in [0.29, 0.717) is 29.5 Å². The second kappa shape index (κ2) is 9.13. The van der Waals surface area contributed by atoms with E-state index in [4.69, 9.17) is 14.2 Å². The van der Waals surface area contributed by atoms with Crippen LogP contribution in [0, 0.1) is 0 Å². The number of hydrogen-bond donors (Lipinski definition) is 0. The molecule has 0 aromatic heterocycles. The number of rotatable bonds is 7. The smallest absolute Gasteiger partial charge is 0.340 e. The second-order valence-corrected chi connectivity index (χ2v) is 6.52. The van der Waals surface area contributed by atoms with E-state index >= 15 is 0 Å². The van der Waals surface area contributed by atoms with E-state index in [1.165, 1.54) is 12.0 Å². The maximum Gasteiger partial charge on any atom is 0.340 e. The molecular formula is C24H23NO5. The Morgan fingerprint density at radius 1 is 1.10 bits per heavy atom. The van der Waals surface area contributed by atoms with Gasteiger partial charge in [-0.3, -0.25) is 9.69 Å². The molecule has 0 saturated heterocycles. The first kappa shape index (κ1) is 20.9. The zero-order valence-corrected chi connectivity index (χ0v) is 17.2. The summed E-state index contributed by atoms with van der Waals surface area (Å²) in [6.07, 6.45) is 3.34. The molecule has 0 spiro atoms. The van der Waals surface area contributed by atoms with Crippen molar-refractivity contribution >= 4 is 23.6 Å². The second-order valence-electron chi connectivity index (χ2n) is 6.52. The van der Waals surface area contributed by atoms with Crippen molar-refractivity contribution in [3.05, 3.63) is 83.6 Å². The molecule has 0 atom stereocenters. The summed E-state index contributed by atoms with van der Waals surface area (Å²) in [5.41, 5.74) is 2.36. The molecule has 1 heterocycles. The molecule has 0 unspecified atom stereocenters. The number of amides is 1. The Morgan fingerprint density at radius 3 is 2.47 bits per heavy atom. The van der Waals surface area contributed by atoms with E-state index in [0.717, 1.165) is 5.56 Å². The zero-order chi connectivity index (χ0) is 21.7. The van der Waals surface area contributed by atoms with Gasteiger partial charge in [0.1, 0.15) is 18.1 Å². The molecule has 0 radical (unpaired) electrons. The number of nitrogens with zero attached hydrogens (tertiary/aromatic N) is 1. The van der Waals surface area contributed by atoms with Gasteiger partial charge in [-0.1, -0.05) is 30.9 Å². The fraction of sp³-hybridized carbons (Fsp3) is 0.167. The van der Waals surface area contributed by atoms with Crippen LogP contribution in [0.1, 0.15) is 12.5 Å². The van der Waals surface area contributed by atoms with Crippen LogP contribution < -0.4 is 14.4 Å². The largest absolute Gasteiger partial charge is 0.497 e. The minimum absolute atomic E-state index is 0.234. The summed E-state index contributed by atoms with van der Waals surface area (Å²) in [4.78, 5) is 27.3. The molecule has 2 aromatic rings. The van der Waals surface area contributed by atoms with Gasteiger partial charge in [-0.05, 0) is 42.8 Å². The standard InChI is InChI=1S/C24H23NO5/c1-5-13-30-19-11-9-17(10-12-19)14-21-22(24(27)29-4)16(2)25(23(21)26)18-7-6-8-20(15-18)28-3/h5-12,14-15H,1,13H2,2-4H3/b21-14-. The zero-order valence-electron chi connectivity index (χ0n) is 17.2. The summed E-state index contributed by atoms with van der Waals surface area (Å²) in [5, 5.41) is 0. The fourth-order valence-electron chi connectivity index (χ4n) is 3.22. The van der Waals surface area contributed by atoms with Crippen molar-refractivity contribution in [3.63, 3.8) is 0 Å². The molecule has 0 aliphatic carbocycles. The highest BCUT2D eigenvalue weighted by molar-refractivity contribution is 6.23. The van der Waals surface area contributed by atoms with E-state index in [2.05, 4.69) is 6.58 Å². The molecule has 0 saturated carbocycles. The van der Waals surface area contributed by atoms with Crippen molar-refractivity contribution in [3.8, 4) is 11.5 Å². The molecule has 0 N–H and O–H groups in total. The van der Waals surface area contributed by atoms with Gasteiger partial charge < -0.3 is 14.2 Å². The van der Waals surface area contributed by atoms with Gasteiger partial charge in [0.25, 0.3) is 5.91 Å². The lowest BCUT2D eigenvalue weighted by molar-refractivity contribution is -0.136. The van der Waals surface area contributed by atoms with Gasteiger partial charge >= 0.3 is 5.97 Å². The van der Waals surface area contributed by atoms with Gasteiger partial charge in [-0.15, -0.1) is 0 Å². The lowest BCUT2D eigenvalue weighted by Crippen LogP contribution is -2.24. The minimum Gasteiger partial charge on any atom is -0.497 e. The Labute approximate surface area is 175 Å². The van der Waals surface area contributed by atoms with E-state index in [1.54, 1.807) is 62.6 Å². The highest BCUT2D eigenvalue weighted by Gasteiger charge is 2.38. The Kier molecular flexibility index (Phi) is 6.37. The van der Waals surface area contributed by atoms with E-state index in [-0.39, 0.29) is 17.1 Å². The highest BCUT2D eigenvalue weighted by atomic mass is 16.5. The summed E-state index contributed by atoms with van der Waals surface area (Å²) < 4.78 is 15.7. The maximum atomic E-state index is 13.3. The van der Waals surface area contributed by atoms with E-state index in [9.17, 15) is 9.59 Å². The van der Waals surface area contributed by atoms with Crippen LogP contribution in [0.2, 0.25) is 0 Å². The third kappa shape index (κ3) is 4.12. The van der Waals surface area contributed by atoms with Crippen molar-refractivity contribution in [2.24, 2.45) is 0 Å². The number of ether oxygens (including phenoxy) is 3. The quantitative estimate of drug-likeness (QED) is 0.394. The monoisotopic (exact) mass is 405 g/mol. The number of anilines is 1. The summed E-state index contributed by atoms with van der Waals surface area (Å²) >= 11 is 0. The van der Waals surface area contributed by atoms with Crippen LogP contribution in [-0.2, 0) is 14.3 Å². The lowest BCUT2D eigenvalue weighted by atomic mass is 10.0. The van der Waals surface area contributed by atoms with Crippen molar-refractivity contribution in [2.75, 3.05) is 25.7 Å². The van der Waals surface area contributed by atoms with Gasteiger partial charge in [0.2, 0.25) is 0 Å². The van der Waals surface area contributed by atoms with Crippen LogP contribution in [0.4, 0.5) is 5.69 Å². The average molecular weight is 405 g/mol. The van der Waals surface area contributed by atoms with Gasteiger partial charge in [-0.2, -0.15) is 0 Å². The topological polar surface area (TPSA) is 65.1 Å². The molecule has 1 amide bonds. The first-order valence-electron chi connectivity index (χ1n) is 9.33. The molecule has 0 bridgehead atoms. The summed E-state index contributed by atoms with van der Waals surface area (Å²) in [5.74, 6) is 0.421. The van der Waals surface area contributed by atoms with Crippen molar-refractivity contribution in [1.82, 2.24) is 0 Å². The Morgan fingerprint density at radius 2 is 1.83 bits per heavy atom. The van der Waals surface area contributed by atoms with Crippen LogP contribution in [0.25, 0.3) is 6.08 Å². The predicted molar refractivity (Wildman–Crippen MR) is 115 cm³/mol. The summed E-state index contributed by atoms with van der Waals surface area (Å²) in [6.45, 7) is 5.74. The van der Waals surface area contributed by atoms with Crippen LogP contribution >= 0.6 is 0 Å². The summed E-state index contributed by atoms with van der Waals surface area (Å²) in [6, 6.07) is 14.3. The predicted octanol–water partition coefficient (Wildman–Crippen LogP) is 4.14. The number of benzene rings is 2. The number of esters is 1. The molecule has 0 fully saturated rings. The third-order valence-electron chi connectivity index (χ3n) is 4.66. The van der Waals surface area contributed by atoms with Crippen LogP contribution in [0.5, 0.6) is 11.5 Å². The van der Waals surface area contributed by atoms with Gasteiger partial charge in [0, 0.05) is 11.8 Å². The minimum atomic E-state index is -0.566. The number of methoxy groups -OCH3 is 2. The molecule has 2 aromatic carbocycles. The average Bonchev–Trinajstić information content (AvgIpc) is 3.02. The Hall–Kier alpha value is -3.80.